The molecule has 134 valence electrons. The molecule has 3 aromatic rings. The van der Waals surface area contributed by atoms with Gasteiger partial charge in [-0.3, -0.25) is 0 Å². The van der Waals surface area contributed by atoms with Gasteiger partial charge in [-0.15, -0.1) is 22.0 Å². The number of aromatic nitrogens is 1. The minimum Gasteiger partial charge on any atom is -0.493 e. The zero-order valence-corrected chi connectivity index (χ0v) is 16.3. The van der Waals surface area contributed by atoms with Crippen LogP contribution in [0.2, 0.25) is 0 Å². The number of rotatable bonds is 5. The topological polar surface area (TPSA) is 61.9 Å². The van der Waals surface area contributed by atoms with E-state index in [9.17, 15) is 5.11 Å². The third-order valence-electron chi connectivity index (χ3n) is 3.93. The van der Waals surface area contributed by atoms with Crippen LogP contribution in [0, 0.1) is 0 Å². The standard InChI is InChI=1S/C19H20N4OS2/c1-3-11-23-16-10-5-4-9-15(16)17(18(23)24)21-22-19(25)20-13-7-6-8-14(12-13)26-2/h4-10,12,24H,3,11H2,1-2H3,(H,20,25). The molecule has 1 heterocycles. The van der Waals surface area contributed by atoms with Gasteiger partial charge < -0.3 is 15.0 Å². The summed E-state index contributed by atoms with van der Waals surface area (Å²) >= 11 is 6.93. The normalized spacial score (nSPS) is 11.3. The van der Waals surface area contributed by atoms with Crippen molar-refractivity contribution in [1.29, 1.82) is 0 Å². The Balaban J connectivity index is 1.86. The number of anilines is 1. The molecule has 3 rings (SSSR count). The van der Waals surface area contributed by atoms with Crippen molar-refractivity contribution in [2.45, 2.75) is 24.8 Å². The Morgan fingerprint density at radius 3 is 2.81 bits per heavy atom. The van der Waals surface area contributed by atoms with Crippen LogP contribution in [0.15, 0.2) is 63.7 Å². The SMILES string of the molecule is CCCn1c(O)c(N=NC(=S)Nc2cccc(SC)c2)c2ccccc21. The summed E-state index contributed by atoms with van der Waals surface area (Å²) in [5, 5.41) is 23.0. The van der Waals surface area contributed by atoms with Gasteiger partial charge in [-0.2, -0.15) is 0 Å². The predicted molar refractivity (Wildman–Crippen MR) is 113 cm³/mol. The lowest BCUT2D eigenvalue weighted by atomic mass is 10.2. The smallest absolute Gasteiger partial charge is 0.220 e. The lowest BCUT2D eigenvalue weighted by molar-refractivity contribution is 0.421. The van der Waals surface area contributed by atoms with Crippen LogP contribution in [0.3, 0.4) is 0 Å². The van der Waals surface area contributed by atoms with E-state index in [1.807, 2.05) is 59.4 Å². The van der Waals surface area contributed by atoms with Crippen LogP contribution < -0.4 is 5.32 Å². The van der Waals surface area contributed by atoms with E-state index in [0.717, 1.165) is 27.9 Å². The highest BCUT2D eigenvalue weighted by atomic mass is 32.2. The maximum Gasteiger partial charge on any atom is 0.220 e. The number of fused-ring (bicyclic) bond motifs is 1. The number of hydrogen-bond acceptors (Lipinski definition) is 4. The molecule has 7 heteroatoms. The first-order valence-electron chi connectivity index (χ1n) is 8.31. The fourth-order valence-electron chi connectivity index (χ4n) is 2.76. The summed E-state index contributed by atoms with van der Waals surface area (Å²) in [4.78, 5) is 1.13. The number of benzene rings is 2. The number of hydrogen-bond donors (Lipinski definition) is 2. The molecule has 0 saturated heterocycles. The molecule has 2 aromatic carbocycles. The number of aryl methyl sites for hydroxylation is 1. The molecular weight excluding hydrogens is 364 g/mol. The number of aromatic hydroxyl groups is 1. The summed E-state index contributed by atoms with van der Waals surface area (Å²) in [6.07, 6.45) is 2.93. The van der Waals surface area contributed by atoms with Crippen LogP contribution in [0.4, 0.5) is 11.4 Å². The molecule has 5 nitrogen and oxygen atoms in total. The van der Waals surface area contributed by atoms with Crippen LogP contribution in [-0.4, -0.2) is 21.0 Å². The Morgan fingerprint density at radius 2 is 2.04 bits per heavy atom. The van der Waals surface area contributed by atoms with Gasteiger partial charge in [0.25, 0.3) is 0 Å². The average molecular weight is 385 g/mol. The van der Waals surface area contributed by atoms with Crippen LogP contribution in [0.5, 0.6) is 5.88 Å². The van der Waals surface area contributed by atoms with Crippen LogP contribution >= 0.6 is 24.0 Å². The zero-order valence-electron chi connectivity index (χ0n) is 14.6. The highest BCUT2D eigenvalue weighted by Crippen LogP contribution is 2.38. The number of nitrogens with zero attached hydrogens (tertiary/aromatic N) is 3. The molecule has 2 N–H and O–H groups in total. The first-order valence-corrected chi connectivity index (χ1v) is 9.94. The Hall–Kier alpha value is -2.38. The number of nitrogens with one attached hydrogen (secondary N) is 1. The maximum atomic E-state index is 10.6. The predicted octanol–water partition coefficient (Wildman–Crippen LogP) is 5.96. The van der Waals surface area contributed by atoms with Crippen LogP contribution in [-0.2, 0) is 6.54 Å². The molecule has 0 radical (unpaired) electrons. The fraction of sp³-hybridized carbons (Fsp3) is 0.211. The Bertz CT molecular complexity index is 965. The van der Waals surface area contributed by atoms with Crippen LogP contribution in [0.25, 0.3) is 10.9 Å². The lowest BCUT2D eigenvalue weighted by Gasteiger charge is -2.05. The van der Waals surface area contributed by atoms with E-state index in [-0.39, 0.29) is 11.0 Å². The monoisotopic (exact) mass is 384 g/mol. The summed E-state index contributed by atoms with van der Waals surface area (Å²) < 4.78 is 1.85. The van der Waals surface area contributed by atoms with Crippen molar-refractivity contribution in [3.05, 3.63) is 48.5 Å². The summed E-state index contributed by atoms with van der Waals surface area (Å²) in [6, 6.07) is 15.7. The molecule has 0 aliphatic carbocycles. The van der Waals surface area contributed by atoms with Gasteiger partial charge in [0.1, 0.15) is 0 Å². The molecule has 0 fully saturated rings. The molecule has 26 heavy (non-hydrogen) atoms. The van der Waals surface area contributed by atoms with Gasteiger partial charge >= 0.3 is 0 Å². The molecule has 0 saturated carbocycles. The molecule has 0 unspecified atom stereocenters. The van der Waals surface area contributed by atoms with Crippen molar-refractivity contribution in [3.8, 4) is 5.88 Å². The Morgan fingerprint density at radius 1 is 1.23 bits per heavy atom. The van der Waals surface area contributed by atoms with Crippen molar-refractivity contribution >= 4 is 51.4 Å². The Labute approximate surface area is 162 Å². The first-order chi connectivity index (χ1) is 12.6. The van der Waals surface area contributed by atoms with E-state index in [1.165, 1.54) is 0 Å². The van der Waals surface area contributed by atoms with Gasteiger partial charge in [-0.05, 0) is 49.2 Å². The minimum atomic E-state index is 0.115. The van der Waals surface area contributed by atoms with Gasteiger partial charge in [0, 0.05) is 22.5 Å². The molecule has 1 aromatic heterocycles. The van der Waals surface area contributed by atoms with Crippen molar-refractivity contribution < 1.29 is 5.11 Å². The largest absolute Gasteiger partial charge is 0.493 e. The number of azo groups is 1. The summed E-state index contributed by atoms with van der Waals surface area (Å²) in [5.41, 5.74) is 2.24. The van der Waals surface area contributed by atoms with Crippen molar-refractivity contribution in [2.75, 3.05) is 11.6 Å². The van der Waals surface area contributed by atoms with E-state index < -0.39 is 0 Å². The van der Waals surface area contributed by atoms with E-state index >= 15 is 0 Å². The van der Waals surface area contributed by atoms with E-state index in [0.29, 0.717) is 12.2 Å². The highest BCUT2D eigenvalue weighted by molar-refractivity contribution is 7.98. The van der Waals surface area contributed by atoms with Gasteiger partial charge in [-0.25, -0.2) is 0 Å². The lowest BCUT2D eigenvalue weighted by Crippen LogP contribution is -2.04. The van der Waals surface area contributed by atoms with Gasteiger partial charge in [0.05, 0.1) is 5.52 Å². The molecule has 0 bridgehead atoms. The molecule has 0 aliphatic rings. The van der Waals surface area contributed by atoms with E-state index in [1.54, 1.807) is 11.8 Å². The van der Waals surface area contributed by atoms with Crippen molar-refractivity contribution in [2.24, 2.45) is 10.2 Å². The second kappa shape index (κ2) is 8.33. The maximum absolute atomic E-state index is 10.6. The zero-order chi connectivity index (χ0) is 18.5. The number of thioether (sulfide) groups is 1. The summed E-state index contributed by atoms with van der Waals surface area (Å²) in [6.45, 7) is 2.78. The van der Waals surface area contributed by atoms with Gasteiger partial charge in [0.2, 0.25) is 11.0 Å². The quantitative estimate of drug-likeness (QED) is 0.324. The molecule has 0 spiro atoms. The van der Waals surface area contributed by atoms with E-state index in [4.69, 9.17) is 12.2 Å². The third-order valence-corrected chi connectivity index (χ3v) is 4.84. The first kappa shape index (κ1) is 18.4. The number of thiocarbonyl (C=S) groups is 1. The third kappa shape index (κ3) is 3.89. The second-order valence-electron chi connectivity index (χ2n) is 5.70. The number of para-hydroxylation sites is 1. The molecular formula is C19H20N4OS2. The summed E-state index contributed by atoms with van der Waals surface area (Å²) in [5.74, 6) is 0.115. The molecule has 0 atom stereocenters. The minimum absolute atomic E-state index is 0.115. The van der Waals surface area contributed by atoms with Gasteiger partial charge in [-0.1, -0.05) is 31.2 Å². The molecule has 0 aliphatic heterocycles. The average Bonchev–Trinajstić information content (AvgIpc) is 2.92. The second-order valence-corrected chi connectivity index (χ2v) is 6.97. The molecule has 0 amide bonds. The highest BCUT2D eigenvalue weighted by Gasteiger charge is 2.15. The fourth-order valence-corrected chi connectivity index (χ4v) is 3.38. The van der Waals surface area contributed by atoms with Crippen molar-refractivity contribution in [1.82, 2.24) is 4.57 Å². The Kier molecular flexibility index (Phi) is 5.90. The summed E-state index contributed by atoms with van der Waals surface area (Å²) in [7, 11) is 0. The van der Waals surface area contributed by atoms with Crippen molar-refractivity contribution in [3.63, 3.8) is 0 Å². The van der Waals surface area contributed by atoms with Gasteiger partial charge in [0.15, 0.2) is 5.69 Å². The van der Waals surface area contributed by atoms with Crippen LogP contribution in [0.1, 0.15) is 13.3 Å². The van der Waals surface area contributed by atoms with E-state index in [2.05, 4.69) is 22.5 Å².